The van der Waals surface area contributed by atoms with Gasteiger partial charge in [0.25, 0.3) is 0 Å². The highest BCUT2D eigenvalue weighted by molar-refractivity contribution is 5.92. The molecule has 0 atom stereocenters. The molecule has 46 heavy (non-hydrogen) atoms. The van der Waals surface area contributed by atoms with Gasteiger partial charge in [0.15, 0.2) is 11.5 Å². The Bertz CT molecular complexity index is 1070. The van der Waals surface area contributed by atoms with Crippen LogP contribution in [0.5, 0.6) is 11.5 Å². The average molecular weight is 651 g/mol. The Kier molecular flexibility index (Phi) is 19.6. The number of nitrogens with two attached hydrogens (primary N) is 1. The van der Waals surface area contributed by atoms with Gasteiger partial charge in [0.2, 0.25) is 5.95 Å². The number of rotatable bonds is 27. The first-order valence-electron chi connectivity index (χ1n) is 16.9. The minimum atomic E-state index is 0.318. The molecule has 1 aliphatic heterocycles. The Hall–Kier alpha value is -2.52. The van der Waals surface area contributed by atoms with Gasteiger partial charge in [-0.15, -0.1) is 0 Å². The normalized spacial score (nSPS) is 14.2. The predicted molar refractivity (Wildman–Crippen MR) is 182 cm³/mol. The molecule has 2 heterocycles. The average Bonchev–Trinajstić information content (AvgIpc) is 3.08. The van der Waals surface area contributed by atoms with E-state index in [1.54, 1.807) is 14.2 Å². The molecule has 2 aromatic rings. The number of fused-ring (bicyclic) bond motifs is 1. The van der Waals surface area contributed by atoms with Crippen molar-refractivity contribution >= 4 is 22.7 Å². The quantitative estimate of drug-likeness (QED) is 0.121. The SMILES string of the molecule is CCCCCCNc1nc(NC2CCN(CCOCCOCCOCCOCCOCCN)CC2)c2cc(OC)c(OC)cc2n1. The van der Waals surface area contributed by atoms with Crippen molar-refractivity contribution in [3.63, 3.8) is 0 Å². The lowest BCUT2D eigenvalue weighted by atomic mass is 10.0. The number of hydrogen-bond acceptors (Lipinski definition) is 13. The minimum absolute atomic E-state index is 0.318. The molecule has 1 aliphatic rings. The van der Waals surface area contributed by atoms with Crippen LogP contribution in [0, 0.1) is 0 Å². The van der Waals surface area contributed by atoms with E-state index >= 15 is 0 Å². The summed E-state index contributed by atoms with van der Waals surface area (Å²) in [6.07, 6.45) is 6.79. The fraction of sp³-hybridized carbons (Fsp3) is 0.758. The zero-order chi connectivity index (χ0) is 32.7. The van der Waals surface area contributed by atoms with Crippen LogP contribution in [0.2, 0.25) is 0 Å². The van der Waals surface area contributed by atoms with Crippen molar-refractivity contribution in [2.45, 2.75) is 51.5 Å². The monoisotopic (exact) mass is 650 g/mol. The molecule has 13 heteroatoms. The van der Waals surface area contributed by atoms with Gasteiger partial charge in [-0.25, -0.2) is 4.98 Å². The van der Waals surface area contributed by atoms with E-state index in [0.29, 0.717) is 96.1 Å². The molecule has 0 aliphatic carbocycles. The van der Waals surface area contributed by atoms with Crippen LogP contribution in [-0.4, -0.2) is 134 Å². The molecule has 13 nitrogen and oxygen atoms in total. The van der Waals surface area contributed by atoms with Gasteiger partial charge in [0.05, 0.1) is 85.8 Å². The smallest absolute Gasteiger partial charge is 0.225 e. The third kappa shape index (κ3) is 14.5. The molecule has 262 valence electrons. The molecular weight excluding hydrogens is 592 g/mol. The number of unbranched alkanes of at least 4 members (excludes halogenated alkanes) is 3. The fourth-order valence-corrected chi connectivity index (χ4v) is 5.15. The second kappa shape index (κ2) is 23.7. The van der Waals surface area contributed by atoms with E-state index in [9.17, 15) is 0 Å². The highest BCUT2D eigenvalue weighted by Crippen LogP contribution is 2.35. The summed E-state index contributed by atoms with van der Waals surface area (Å²) in [7, 11) is 3.29. The standard InChI is InChI=1S/C33H58N6O7/c1-4-5-6-7-11-35-33-37-29-26-31(41-3)30(40-2)25-28(29)32(38-33)36-27-8-12-39(13-9-27)14-16-43-18-20-45-22-24-46-23-21-44-19-17-42-15-10-34/h25-27H,4-24,34H2,1-3H3,(H2,35,36,37,38). The number of ether oxygens (including phenoxy) is 7. The van der Waals surface area contributed by atoms with Gasteiger partial charge in [-0.05, 0) is 25.3 Å². The number of methoxy groups -OCH3 is 2. The maximum absolute atomic E-state index is 5.81. The Morgan fingerprint density at radius 2 is 1.35 bits per heavy atom. The highest BCUT2D eigenvalue weighted by atomic mass is 16.6. The Morgan fingerprint density at radius 1 is 0.761 bits per heavy atom. The van der Waals surface area contributed by atoms with Gasteiger partial charge in [0, 0.05) is 50.2 Å². The van der Waals surface area contributed by atoms with Crippen LogP contribution in [0.15, 0.2) is 12.1 Å². The van der Waals surface area contributed by atoms with Crippen LogP contribution in [0.4, 0.5) is 11.8 Å². The third-order valence-electron chi connectivity index (χ3n) is 7.74. The van der Waals surface area contributed by atoms with E-state index in [0.717, 1.165) is 62.2 Å². The maximum atomic E-state index is 5.81. The summed E-state index contributed by atoms with van der Waals surface area (Å²) in [5, 5.41) is 8.07. The van der Waals surface area contributed by atoms with Crippen LogP contribution in [-0.2, 0) is 23.7 Å². The Morgan fingerprint density at radius 3 is 1.93 bits per heavy atom. The van der Waals surface area contributed by atoms with E-state index in [1.165, 1.54) is 19.3 Å². The van der Waals surface area contributed by atoms with E-state index in [1.807, 2.05) is 12.1 Å². The molecule has 4 N–H and O–H groups in total. The lowest BCUT2D eigenvalue weighted by molar-refractivity contribution is -0.0120. The number of benzene rings is 1. The van der Waals surface area contributed by atoms with Crippen LogP contribution < -0.4 is 25.8 Å². The number of piperidine rings is 1. The van der Waals surface area contributed by atoms with Gasteiger partial charge < -0.3 is 54.4 Å². The Balaban J connectivity index is 1.32. The summed E-state index contributed by atoms with van der Waals surface area (Å²) in [6.45, 7) is 12.2. The van der Waals surface area contributed by atoms with E-state index in [2.05, 4.69) is 22.5 Å². The zero-order valence-corrected chi connectivity index (χ0v) is 28.4. The summed E-state index contributed by atoms with van der Waals surface area (Å²) in [5.74, 6) is 2.78. The first-order chi connectivity index (χ1) is 22.7. The van der Waals surface area contributed by atoms with Crippen molar-refractivity contribution in [3.05, 3.63) is 12.1 Å². The summed E-state index contributed by atoms with van der Waals surface area (Å²) < 4.78 is 38.7. The molecule has 0 spiro atoms. The second-order valence-corrected chi connectivity index (χ2v) is 11.2. The molecule has 0 radical (unpaired) electrons. The van der Waals surface area contributed by atoms with Gasteiger partial charge >= 0.3 is 0 Å². The maximum Gasteiger partial charge on any atom is 0.225 e. The van der Waals surface area contributed by atoms with E-state index in [-0.39, 0.29) is 0 Å². The van der Waals surface area contributed by atoms with Gasteiger partial charge in [-0.1, -0.05) is 26.2 Å². The van der Waals surface area contributed by atoms with Gasteiger partial charge in [-0.2, -0.15) is 4.98 Å². The number of hydrogen-bond donors (Lipinski definition) is 3. The largest absolute Gasteiger partial charge is 0.493 e. The van der Waals surface area contributed by atoms with Crippen LogP contribution in [0.25, 0.3) is 10.9 Å². The summed E-state index contributed by atoms with van der Waals surface area (Å²) >= 11 is 0. The molecule has 3 rings (SSSR count). The molecule has 1 fully saturated rings. The number of nitrogens with one attached hydrogen (secondary N) is 2. The number of aromatic nitrogens is 2. The molecular formula is C33H58N6O7. The van der Waals surface area contributed by atoms with Crippen LogP contribution in [0.3, 0.4) is 0 Å². The van der Waals surface area contributed by atoms with E-state index < -0.39 is 0 Å². The van der Waals surface area contributed by atoms with Crippen molar-refractivity contribution in [2.75, 3.05) is 124 Å². The van der Waals surface area contributed by atoms with Crippen LogP contribution >= 0.6 is 0 Å². The molecule has 1 saturated heterocycles. The topological polar surface area (TPSA) is 144 Å². The molecule has 0 amide bonds. The van der Waals surface area contributed by atoms with Crippen molar-refractivity contribution in [3.8, 4) is 11.5 Å². The van der Waals surface area contributed by atoms with Crippen molar-refractivity contribution in [1.29, 1.82) is 0 Å². The fourth-order valence-electron chi connectivity index (χ4n) is 5.15. The lowest BCUT2D eigenvalue weighted by Gasteiger charge is -2.32. The lowest BCUT2D eigenvalue weighted by Crippen LogP contribution is -2.40. The van der Waals surface area contributed by atoms with Gasteiger partial charge in [0.1, 0.15) is 5.82 Å². The van der Waals surface area contributed by atoms with Gasteiger partial charge in [-0.3, -0.25) is 0 Å². The van der Waals surface area contributed by atoms with Crippen molar-refractivity contribution < 1.29 is 33.2 Å². The van der Waals surface area contributed by atoms with Crippen molar-refractivity contribution in [2.24, 2.45) is 5.73 Å². The van der Waals surface area contributed by atoms with Crippen LogP contribution in [0.1, 0.15) is 45.4 Å². The van der Waals surface area contributed by atoms with Crippen molar-refractivity contribution in [1.82, 2.24) is 14.9 Å². The first-order valence-corrected chi connectivity index (χ1v) is 16.9. The first kappa shape index (κ1) is 37.9. The molecule has 0 bridgehead atoms. The zero-order valence-electron chi connectivity index (χ0n) is 28.4. The molecule has 0 saturated carbocycles. The highest BCUT2D eigenvalue weighted by Gasteiger charge is 2.21. The minimum Gasteiger partial charge on any atom is -0.493 e. The van der Waals surface area contributed by atoms with E-state index in [4.69, 9.17) is 48.9 Å². The number of likely N-dealkylation sites (tertiary alicyclic amines) is 1. The Labute approximate surface area is 275 Å². The predicted octanol–water partition coefficient (Wildman–Crippen LogP) is 3.56. The number of anilines is 2. The summed E-state index contributed by atoms with van der Waals surface area (Å²) in [6, 6.07) is 4.20. The third-order valence-corrected chi connectivity index (χ3v) is 7.74. The summed E-state index contributed by atoms with van der Waals surface area (Å²) in [5.41, 5.74) is 6.19. The number of nitrogens with zero attached hydrogens (tertiary/aromatic N) is 3. The molecule has 1 aromatic carbocycles. The molecule has 0 unspecified atom stereocenters. The molecule has 1 aromatic heterocycles. The second-order valence-electron chi connectivity index (χ2n) is 11.2. The summed E-state index contributed by atoms with van der Waals surface area (Å²) in [4.78, 5) is 12.1.